The van der Waals surface area contributed by atoms with Gasteiger partial charge in [-0.1, -0.05) is 6.07 Å². The quantitative estimate of drug-likeness (QED) is 0.915. The van der Waals surface area contributed by atoms with Gasteiger partial charge >= 0.3 is 0 Å². The number of aryl methyl sites for hydroxylation is 1. The van der Waals surface area contributed by atoms with Gasteiger partial charge in [0.1, 0.15) is 12.1 Å². The summed E-state index contributed by atoms with van der Waals surface area (Å²) in [6.45, 7) is 1.94. The lowest BCUT2D eigenvalue weighted by molar-refractivity contribution is 0.405. The smallest absolute Gasteiger partial charge is 0.190 e. The molecule has 0 unspecified atom stereocenters. The molecule has 0 fully saturated rings. The summed E-state index contributed by atoms with van der Waals surface area (Å²) in [5.41, 5.74) is 7.02. The molecule has 0 saturated carbocycles. The molecule has 0 bridgehead atoms. The molecule has 1 aromatic carbocycles. The molecule has 0 amide bonds. The van der Waals surface area contributed by atoms with Crippen LogP contribution < -0.4 is 10.5 Å². The maximum atomic E-state index is 6.02. The summed E-state index contributed by atoms with van der Waals surface area (Å²) in [5.74, 6) is 0.803. The molecule has 1 aromatic heterocycles. The number of methoxy groups -OCH3 is 1. The van der Waals surface area contributed by atoms with E-state index in [0.717, 1.165) is 21.4 Å². The Balaban J connectivity index is 2.41. The van der Waals surface area contributed by atoms with E-state index in [2.05, 4.69) is 10.1 Å². The van der Waals surface area contributed by atoms with E-state index in [1.807, 2.05) is 32.2 Å². The minimum absolute atomic E-state index is 0.100. The first-order valence-electron chi connectivity index (χ1n) is 5.57. The molecule has 0 aliphatic heterocycles. The molecule has 18 heavy (non-hydrogen) atoms. The number of nitrogens with two attached hydrogens (primary N) is 1. The maximum absolute atomic E-state index is 6.02. The van der Waals surface area contributed by atoms with Crippen LogP contribution in [0.4, 0.5) is 0 Å². The van der Waals surface area contributed by atoms with Crippen molar-refractivity contribution < 1.29 is 4.74 Å². The van der Waals surface area contributed by atoms with Crippen LogP contribution in [0.5, 0.6) is 5.75 Å². The van der Waals surface area contributed by atoms with Gasteiger partial charge < -0.3 is 10.5 Å². The molecule has 5 nitrogen and oxygen atoms in total. The van der Waals surface area contributed by atoms with Gasteiger partial charge in [-0.25, -0.2) is 9.67 Å². The van der Waals surface area contributed by atoms with Crippen LogP contribution in [0.2, 0.25) is 0 Å². The number of hydrogen-bond acceptors (Lipinski definition) is 5. The highest BCUT2D eigenvalue weighted by atomic mass is 32.2. The van der Waals surface area contributed by atoms with Gasteiger partial charge in [-0.3, -0.25) is 0 Å². The fourth-order valence-electron chi connectivity index (χ4n) is 1.72. The van der Waals surface area contributed by atoms with Crippen LogP contribution in [-0.4, -0.2) is 21.9 Å². The lowest BCUT2D eigenvalue weighted by Crippen LogP contribution is -2.08. The summed E-state index contributed by atoms with van der Waals surface area (Å²) in [5, 5.41) is 4.88. The topological polar surface area (TPSA) is 66.0 Å². The van der Waals surface area contributed by atoms with Crippen LogP contribution in [0.1, 0.15) is 18.5 Å². The highest BCUT2D eigenvalue weighted by Gasteiger charge is 2.15. The van der Waals surface area contributed by atoms with Gasteiger partial charge in [-0.2, -0.15) is 5.10 Å². The second-order valence-electron chi connectivity index (χ2n) is 3.93. The predicted octanol–water partition coefficient (Wildman–Crippen LogP) is 1.99. The molecule has 2 aromatic rings. The van der Waals surface area contributed by atoms with E-state index >= 15 is 0 Å². The second-order valence-corrected chi connectivity index (χ2v) is 4.94. The zero-order valence-electron chi connectivity index (χ0n) is 10.6. The molecule has 0 aliphatic carbocycles. The Bertz CT molecular complexity index is 539. The van der Waals surface area contributed by atoms with Gasteiger partial charge in [0.15, 0.2) is 5.16 Å². The van der Waals surface area contributed by atoms with Gasteiger partial charge in [-0.05, 0) is 30.8 Å². The van der Waals surface area contributed by atoms with Crippen molar-refractivity contribution in [3.63, 3.8) is 0 Å². The van der Waals surface area contributed by atoms with Gasteiger partial charge in [0.25, 0.3) is 0 Å². The molecule has 96 valence electrons. The Labute approximate surface area is 110 Å². The number of aromatic nitrogens is 3. The van der Waals surface area contributed by atoms with Crippen molar-refractivity contribution in [2.75, 3.05) is 7.11 Å². The van der Waals surface area contributed by atoms with Gasteiger partial charge in [0.2, 0.25) is 0 Å². The van der Waals surface area contributed by atoms with E-state index in [0.29, 0.717) is 0 Å². The van der Waals surface area contributed by atoms with E-state index in [9.17, 15) is 0 Å². The highest BCUT2D eigenvalue weighted by Crippen LogP contribution is 2.36. The molecular weight excluding hydrogens is 248 g/mol. The second kappa shape index (κ2) is 5.41. The summed E-state index contributed by atoms with van der Waals surface area (Å²) in [7, 11) is 3.51. The van der Waals surface area contributed by atoms with E-state index in [-0.39, 0.29) is 6.04 Å². The minimum atomic E-state index is -0.100. The van der Waals surface area contributed by atoms with Crippen molar-refractivity contribution in [3.05, 3.63) is 30.1 Å². The van der Waals surface area contributed by atoms with Crippen LogP contribution >= 0.6 is 11.8 Å². The van der Waals surface area contributed by atoms with E-state index in [1.54, 1.807) is 11.8 Å². The molecule has 0 aliphatic rings. The van der Waals surface area contributed by atoms with Gasteiger partial charge in [-0.15, -0.1) is 0 Å². The van der Waals surface area contributed by atoms with Crippen molar-refractivity contribution in [3.8, 4) is 5.75 Å². The van der Waals surface area contributed by atoms with Gasteiger partial charge in [0, 0.05) is 23.5 Å². The van der Waals surface area contributed by atoms with Crippen LogP contribution in [-0.2, 0) is 7.05 Å². The summed E-state index contributed by atoms with van der Waals surface area (Å²) in [4.78, 5) is 5.24. The van der Waals surface area contributed by atoms with Crippen molar-refractivity contribution in [2.24, 2.45) is 12.8 Å². The van der Waals surface area contributed by atoms with Crippen LogP contribution in [0.3, 0.4) is 0 Å². The Morgan fingerprint density at radius 1 is 1.44 bits per heavy atom. The SMILES string of the molecule is COc1cccc(Sc2ncnn2C)c1[C@@H](C)N. The summed E-state index contributed by atoms with van der Waals surface area (Å²) in [6, 6.07) is 5.78. The van der Waals surface area contributed by atoms with Crippen molar-refractivity contribution in [1.29, 1.82) is 0 Å². The lowest BCUT2D eigenvalue weighted by Gasteiger charge is -2.15. The first-order valence-corrected chi connectivity index (χ1v) is 6.39. The lowest BCUT2D eigenvalue weighted by atomic mass is 10.1. The van der Waals surface area contributed by atoms with Crippen LogP contribution in [0.25, 0.3) is 0 Å². The largest absolute Gasteiger partial charge is 0.496 e. The first-order chi connectivity index (χ1) is 8.63. The number of ether oxygens (including phenoxy) is 1. The molecule has 0 spiro atoms. The first kappa shape index (κ1) is 12.9. The average molecular weight is 264 g/mol. The third kappa shape index (κ3) is 2.49. The predicted molar refractivity (Wildman–Crippen MR) is 70.7 cm³/mol. The fraction of sp³-hybridized carbons (Fsp3) is 0.333. The Hall–Kier alpha value is -1.53. The molecule has 2 N–H and O–H groups in total. The molecule has 0 saturated heterocycles. The maximum Gasteiger partial charge on any atom is 0.190 e. The molecule has 0 radical (unpaired) electrons. The molecule has 1 heterocycles. The van der Waals surface area contributed by atoms with Crippen LogP contribution in [0, 0.1) is 0 Å². The van der Waals surface area contributed by atoms with E-state index < -0.39 is 0 Å². The van der Waals surface area contributed by atoms with Crippen LogP contribution in [0.15, 0.2) is 34.6 Å². The minimum Gasteiger partial charge on any atom is -0.496 e. The Morgan fingerprint density at radius 2 is 2.22 bits per heavy atom. The summed E-state index contributed by atoms with van der Waals surface area (Å²) < 4.78 is 7.09. The standard InChI is InChI=1S/C12H16N4OS/c1-8(13)11-9(17-3)5-4-6-10(11)18-12-14-7-15-16(12)2/h4-8H,13H2,1-3H3/t8-/m1/s1. The fourth-order valence-corrected chi connectivity index (χ4v) is 2.73. The normalized spacial score (nSPS) is 12.4. The number of rotatable bonds is 4. The third-order valence-electron chi connectivity index (χ3n) is 2.57. The zero-order valence-corrected chi connectivity index (χ0v) is 11.4. The van der Waals surface area contributed by atoms with E-state index in [1.165, 1.54) is 18.1 Å². The average Bonchev–Trinajstić information content (AvgIpc) is 2.74. The summed E-state index contributed by atoms with van der Waals surface area (Å²) >= 11 is 1.53. The third-order valence-corrected chi connectivity index (χ3v) is 3.70. The molecular formula is C12H16N4OS. The monoisotopic (exact) mass is 264 g/mol. The molecule has 1 atom stereocenters. The Kier molecular flexibility index (Phi) is 3.88. The zero-order chi connectivity index (χ0) is 13.1. The number of hydrogen-bond donors (Lipinski definition) is 1. The summed E-state index contributed by atoms with van der Waals surface area (Å²) in [6.07, 6.45) is 1.54. The van der Waals surface area contributed by atoms with Crippen molar-refractivity contribution in [2.45, 2.75) is 23.0 Å². The molecule has 6 heteroatoms. The van der Waals surface area contributed by atoms with E-state index in [4.69, 9.17) is 10.5 Å². The Morgan fingerprint density at radius 3 is 2.78 bits per heavy atom. The van der Waals surface area contributed by atoms with Crippen molar-refractivity contribution >= 4 is 11.8 Å². The highest BCUT2D eigenvalue weighted by molar-refractivity contribution is 7.99. The molecule has 2 rings (SSSR count). The number of benzene rings is 1. The number of nitrogens with zero attached hydrogens (tertiary/aromatic N) is 3. The van der Waals surface area contributed by atoms with Crippen molar-refractivity contribution in [1.82, 2.24) is 14.8 Å². The van der Waals surface area contributed by atoms with Gasteiger partial charge in [0.05, 0.1) is 7.11 Å².